The van der Waals surface area contributed by atoms with E-state index >= 15 is 0 Å². The molecule has 0 amide bonds. The molecule has 0 aliphatic carbocycles. The largest absolute Gasteiger partial charge is 0.496 e. The Labute approximate surface area is 376 Å². The van der Waals surface area contributed by atoms with Crippen LogP contribution in [0.15, 0.2) is 36.4 Å². The fraction of sp³-hybridized carbons (Fsp3) is 0.727. The predicted molar refractivity (Wildman–Crippen MR) is 252 cm³/mol. The van der Waals surface area contributed by atoms with E-state index in [0.717, 1.165) is 61.4 Å². The Morgan fingerprint density at radius 2 is 1.10 bits per heavy atom. The number of hydrogen-bond acceptors (Lipinski definition) is 11. The summed E-state index contributed by atoms with van der Waals surface area (Å²) in [5.74, 6) is 3.96. The van der Waals surface area contributed by atoms with Gasteiger partial charge in [0.15, 0.2) is 34.4 Å². The molecule has 2 aromatic rings. The minimum atomic E-state index is -2.36. The Morgan fingerprint density at radius 1 is 0.550 bits per heavy atom. The van der Waals surface area contributed by atoms with Gasteiger partial charge in [-0.2, -0.15) is 0 Å². The summed E-state index contributed by atoms with van der Waals surface area (Å²) >= 11 is 11.4. The van der Waals surface area contributed by atoms with E-state index in [1.165, 1.54) is 11.1 Å². The smallest absolute Gasteiger partial charge is 0.311 e. The standard InChI is InChI=1S/C44H78Cl2O11Si3/c1-35(50-23-21-45)31-36(2)51-25-27-53-40-19-18-39(42(34-40)47-4)16-14-30-59(9,10)57-60(11,12)56-58(7,8)29-13-15-38-17-20-41(43(33-38)48-5)54-28-26-52-37(3)32-44(49-6)55-24-22-46/h17-20,33-37,44H,13-16,21-32H2,1-12H3. The number of aryl methyl sites for hydroxylation is 2. The van der Waals surface area contributed by atoms with E-state index in [0.29, 0.717) is 63.6 Å². The lowest BCUT2D eigenvalue weighted by molar-refractivity contribution is -0.142. The first-order valence-corrected chi connectivity index (χ1v) is 31.7. The molecule has 0 aromatic heterocycles. The Morgan fingerprint density at radius 3 is 1.68 bits per heavy atom. The van der Waals surface area contributed by atoms with Crippen LogP contribution in [0, 0.1) is 0 Å². The van der Waals surface area contributed by atoms with Gasteiger partial charge in [0.05, 0.1) is 59.0 Å². The summed E-state index contributed by atoms with van der Waals surface area (Å²) in [7, 11) is -1.33. The Balaban J connectivity index is 1.77. The lowest BCUT2D eigenvalue weighted by Gasteiger charge is -2.39. The van der Waals surface area contributed by atoms with Crippen molar-refractivity contribution in [1.82, 2.24) is 0 Å². The quantitative estimate of drug-likeness (QED) is 0.0286. The van der Waals surface area contributed by atoms with Crippen LogP contribution < -0.4 is 18.9 Å². The molecule has 0 bridgehead atoms. The molecule has 0 heterocycles. The number of halogens is 2. The maximum absolute atomic E-state index is 6.94. The fourth-order valence-electron chi connectivity index (χ4n) is 7.29. The molecule has 11 nitrogen and oxygen atoms in total. The van der Waals surface area contributed by atoms with Crippen molar-refractivity contribution in [2.75, 3.05) is 72.7 Å². The van der Waals surface area contributed by atoms with Crippen LogP contribution in [0.2, 0.25) is 51.4 Å². The average Bonchev–Trinajstić information content (AvgIpc) is 3.18. The summed E-state index contributed by atoms with van der Waals surface area (Å²) in [4.78, 5) is 0. The Kier molecular flexibility index (Phi) is 26.6. The molecule has 16 heteroatoms. The highest BCUT2D eigenvalue weighted by Crippen LogP contribution is 2.32. The number of hydrogen-bond donors (Lipinski definition) is 0. The van der Waals surface area contributed by atoms with Gasteiger partial charge < -0.3 is 50.9 Å². The van der Waals surface area contributed by atoms with Crippen LogP contribution in [-0.2, 0) is 44.8 Å². The summed E-state index contributed by atoms with van der Waals surface area (Å²) in [6.07, 6.45) is 5.09. The van der Waals surface area contributed by atoms with Gasteiger partial charge in [-0.3, -0.25) is 0 Å². The first-order valence-electron chi connectivity index (χ1n) is 21.6. The van der Waals surface area contributed by atoms with Crippen molar-refractivity contribution in [3.8, 4) is 23.0 Å². The highest BCUT2D eigenvalue weighted by atomic mass is 35.5. The highest BCUT2D eigenvalue weighted by Gasteiger charge is 2.39. The third-order valence-corrected chi connectivity index (χ3v) is 21.6. The monoisotopic (exact) mass is 936 g/mol. The number of ether oxygens (including phenoxy) is 9. The van der Waals surface area contributed by atoms with Crippen LogP contribution in [0.25, 0.3) is 0 Å². The molecule has 0 saturated heterocycles. The van der Waals surface area contributed by atoms with E-state index < -0.39 is 25.2 Å². The third kappa shape index (κ3) is 23.3. The highest BCUT2D eigenvalue weighted by molar-refractivity contribution is 6.87. The summed E-state index contributed by atoms with van der Waals surface area (Å²) in [5, 5.41) is 0. The van der Waals surface area contributed by atoms with Gasteiger partial charge in [-0.05, 0) is 134 Å². The van der Waals surface area contributed by atoms with Crippen LogP contribution in [-0.4, -0.2) is 123 Å². The maximum atomic E-state index is 6.94. The maximum Gasteiger partial charge on any atom is 0.311 e. The van der Waals surface area contributed by atoms with Crippen molar-refractivity contribution in [2.24, 2.45) is 0 Å². The van der Waals surface area contributed by atoms with Crippen molar-refractivity contribution in [2.45, 2.75) is 135 Å². The minimum absolute atomic E-state index is 0.0510. The van der Waals surface area contributed by atoms with Crippen LogP contribution >= 0.6 is 23.2 Å². The SMILES string of the molecule is COc1cc(OCCOC(C)CC(C)OCCCl)ccc1CCC[Si](C)(C)O[Si](C)(C)O[Si](C)(C)CCCc1ccc(OCCOC(C)CC(OC)OCCCl)c(OC)c1. The van der Waals surface area contributed by atoms with Gasteiger partial charge in [0.2, 0.25) is 0 Å². The molecule has 0 radical (unpaired) electrons. The van der Waals surface area contributed by atoms with E-state index in [-0.39, 0.29) is 24.6 Å². The molecule has 0 spiro atoms. The van der Waals surface area contributed by atoms with E-state index in [1.807, 2.05) is 32.0 Å². The zero-order chi connectivity index (χ0) is 44.6. The van der Waals surface area contributed by atoms with Crippen LogP contribution in [0.3, 0.4) is 0 Å². The minimum Gasteiger partial charge on any atom is -0.496 e. The van der Waals surface area contributed by atoms with E-state index in [2.05, 4.69) is 64.4 Å². The molecule has 0 fully saturated rings. The zero-order valence-corrected chi connectivity index (χ0v) is 43.3. The Hall–Kier alpha value is -1.41. The second kappa shape index (κ2) is 29.1. The van der Waals surface area contributed by atoms with E-state index in [9.17, 15) is 0 Å². The van der Waals surface area contributed by atoms with Crippen LogP contribution in [0.1, 0.15) is 57.6 Å². The topological polar surface area (TPSA) is 102 Å². The molecule has 0 saturated carbocycles. The van der Waals surface area contributed by atoms with E-state index in [4.69, 9.17) is 74.1 Å². The molecule has 4 atom stereocenters. The molecule has 0 aliphatic heterocycles. The summed E-state index contributed by atoms with van der Waals surface area (Å²) in [6.45, 7) is 22.6. The van der Waals surface area contributed by atoms with Crippen LogP contribution in [0.4, 0.5) is 0 Å². The summed E-state index contributed by atoms with van der Waals surface area (Å²) < 4.78 is 65.7. The summed E-state index contributed by atoms with van der Waals surface area (Å²) in [6, 6.07) is 14.3. The molecular formula is C44H78Cl2O11Si3. The second-order valence-electron chi connectivity index (χ2n) is 16.9. The fourth-order valence-corrected chi connectivity index (χ4v) is 21.5. The molecule has 2 aromatic carbocycles. The second-order valence-corrected chi connectivity index (χ2v) is 30.1. The molecule has 346 valence electrons. The lowest BCUT2D eigenvalue weighted by atomic mass is 10.1. The Bertz CT molecular complexity index is 1460. The lowest BCUT2D eigenvalue weighted by Crippen LogP contribution is -2.52. The normalized spacial score (nSPS) is 14.4. The first-order chi connectivity index (χ1) is 28.4. The van der Waals surface area contributed by atoms with Crippen molar-refractivity contribution < 1.29 is 50.9 Å². The molecule has 4 unspecified atom stereocenters. The van der Waals surface area contributed by atoms with Gasteiger partial charge in [0.25, 0.3) is 0 Å². The molecule has 0 aliphatic rings. The van der Waals surface area contributed by atoms with Gasteiger partial charge in [-0.1, -0.05) is 12.1 Å². The van der Waals surface area contributed by atoms with Gasteiger partial charge in [0, 0.05) is 31.4 Å². The number of rotatable bonds is 35. The van der Waals surface area contributed by atoms with Crippen molar-refractivity contribution >= 4 is 48.4 Å². The van der Waals surface area contributed by atoms with Gasteiger partial charge in [-0.25, -0.2) is 0 Å². The van der Waals surface area contributed by atoms with Crippen LogP contribution in [0.5, 0.6) is 23.0 Å². The summed E-state index contributed by atoms with van der Waals surface area (Å²) in [5.41, 5.74) is 2.38. The number of benzene rings is 2. The molecular weight excluding hydrogens is 860 g/mol. The average molecular weight is 938 g/mol. The van der Waals surface area contributed by atoms with E-state index in [1.54, 1.807) is 21.3 Å². The molecule has 0 N–H and O–H groups in total. The number of alkyl halides is 2. The zero-order valence-electron chi connectivity index (χ0n) is 38.8. The van der Waals surface area contributed by atoms with Gasteiger partial charge in [0.1, 0.15) is 24.7 Å². The predicted octanol–water partition coefficient (Wildman–Crippen LogP) is 10.6. The molecule has 2 rings (SSSR count). The molecule has 60 heavy (non-hydrogen) atoms. The first kappa shape index (κ1) is 54.7. The van der Waals surface area contributed by atoms with Crippen molar-refractivity contribution in [3.63, 3.8) is 0 Å². The van der Waals surface area contributed by atoms with Gasteiger partial charge in [-0.15, -0.1) is 23.2 Å². The van der Waals surface area contributed by atoms with Gasteiger partial charge >= 0.3 is 8.56 Å². The third-order valence-electron chi connectivity index (χ3n) is 9.81. The van der Waals surface area contributed by atoms with Crippen molar-refractivity contribution in [1.29, 1.82) is 0 Å². The van der Waals surface area contributed by atoms with Crippen molar-refractivity contribution in [3.05, 3.63) is 47.5 Å². The number of methoxy groups -OCH3 is 3.